The molecule has 0 aromatic heterocycles. The zero-order chi connectivity index (χ0) is 13.4. The number of hydrogen-bond acceptors (Lipinski definition) is 4. The van der Waals surface area contributed by atoms with Crippen LogP contribution in [0.3, 0.4) is 0 Å². The standard InChI is InChI=1S/C14H31N3O/c1-5-7-15-13(12-18-4)10-17-9-8-16(3)14(6-2)11-17/h13-15H,5-12H2,1-4H3. The predicted octanol–water partition coefficient (Wildman–Crippen LogP) is 1.03. The van der Waals surface area contributed by atoms with Crippen LogP contribution >= 0.6 is 0 Å². The first-order valence-corrected chi connectivity index (χ1v) is 7.36. The summed E-state index contributed by atoms with van der Waals surface area (Å²) in [6.45, 7) is 11.1. The molecule has 0 amide bonds. The maximum atomic E-state index is 5.32. The molecule has 0 aliphatic carbocycles. The van der Waals surface area contributed by atoms with Crippen molar-refractivity contribution < 1.29 is 4.74 Å². The van der Waals surface area contributed by atoms with Gasteiger partial charge in [-0.1, -0.05) is 13.8 Å². The van der Waals surface area contributed by atoms with Gasteiger partial charge in [-0.05, 0) is 26.4 Å². The van der Waals surface area contributed by atoms with Crippen molar-refractivity contribution in [3.8, 4) is 0 Å². The maximum absolute atomic E-state index is 5.32. The average molecular weight is 257 g/mol. The van der Waals surface area contributed by atoms with Gasteiger partial charge in [0, 0.05) is 45.4 Å². The van der Waals surface area contributed by atoms with Gasteiger partial charge >= 0.3 is 0 Å². The van der Waals surface area contributed by atoms with Crippen LogP contribution in [0.4, 0.5) is 0 Å². The molecule has 1 N–H and O–H groups in total. The van der Waals surface area contributed by atoms with Crippen LogP contribution in [0.25, 0.3) is 0 Å². The number of nitrogens with one attached hydrogen (secondary N) is 1. The molecule has 18 heavy (non-hydrogen) atoms. The van der Waals surface area contributed by atoms with E-state index in [-0.39, 0.29) is 0 Å². The summed E-state index contributed by atoms with van der Waals surface area (Å²) in [4.78, 5) is 5.07. The summed E-state index contributed by atoms with van der Waals surface area (Å²) in [6, 6.07) is 1.18. The quantitative estimate of drug-likeness (QED) is 0.703. The van der Waals surface area contributed by atoms with Gasteiger partial charge in [0.1, 0.15) is 0 Å². The fourth-order valence-corrected chi connectivity index (χ4v) is 2.65. The zero-order valence-corrected chi connectivity index (χ0v) is 12.6. The van der Waals surface area contributed by atoms with E-state index in [4.69, 9.17) is 4.74 Å². The topological polar surface area (TPSA) is 27.7 Å². The van der Waals surface area contributed by atoms with E-state index in [1.807, 2.05) is 0 Å². The Morgan fingerprint density at radius 3 is 2.72 bits per heavy atom. The molecule has 1 heterocycles. The van der Waals surface area contributed by atoms with Crippen LogP contribution in [0.5, 0.6) is 0 Å². The molecule has 0 radical (unpaired) electrons. The summed E-state index contributed by atoms with van der Waals surface area (Å²) < 4.78 is 5.32. The molecule has 2 atom stereocenters. The zero-order valence-electron chi connectivity index (χ0n) is 12.6. The Kier molecular flexibility index (Phi) is 7.82. The lowest BCUT2D eigenvalue weighted by atomic mass is 10.1. The molecule has 2 unspecified atom stereocenters. The third-order valence-corrected chi connectivity index (χ3v) is 3.86. The summed E-state index contributed by atoms with van der Waals surface area (Å²) in [5.41, 5.74) is 0. The van der Waals surface area contributed by atoms with Crippen molar-refractivity contribution >= 4 is 0 Å². The van der Waals surface area contributed by atoms with E-state index < -0.39 is 0 Å². The van der Waals surface area contributed by atoms with Crippen molar-refractivity contribution in [2.75, 3.05) is 53.5 Å². The monoisotopic (exact) mass is 257 g/mol. The summed E-state index contributed by atoms with van der Waals surface area (Å²) >= 11 is 0. The highest BCUT2D eigenvalue weighted by Crippen LogP contribution is 2.11. The molecule has 4 nitrogen and oxygen atoms in total. The van der Waals surface area contributed by atoms with E-state index in [0.717, 1.165) is 19.7 Å². The fourth-order valence-electron chi connectivity index (χ4n) is 2.65. The predicted molar refractivity (Wildman–Crippen MR) is 77.1 cm³/mol. The Labute approximate surface area is 113 Å². The number of rotatable bonds is 8. The highest BCUT2D eigenvalue weighted by Gasteiger charge is 2.24. The summed E-state index contributed by atoms with van der Waals surface area (Å²) in [6.07, 6.45) is 2.42. The molecule has 0 aromatic carbocycles. The number of nitrogens with zero attached hydrogens (tertiary/aromatic N) is 2. The van der Waals surface area contributed by atoms with Gasteiger partial charge in [-0.3, -0.25) is 4.90 Å². The second kappa shape index (κ2) is 8.86. The normalized spacial score (nSPS) is 24.3. The third kappa shape index (κ3) is 5.22. The molecular formula is C14H31N3O. The molecule has 0 bridgehead atoms. The van der Waals surface area contributed by atoms with Crippen molar-refractivity contribution in [3.05, 3.63) is 0 Å². The Balaban J connectivity index is 2.38. The Bertz CT molecular complexity index is 213. The van der Waals surface area contributed by atoms with Crippen molar-refractivity contribution in [2.24, 2.45) is 0 Å². The van der Waals surface area contributed by atoms with Gasteiger partial charge in [0.25, 0.3) is 0 Å². The van der Waals surface area contributed by atoms with Crippen LogP contribution in [0.2, 0.25) is 0 Å². The minimum absolute atomic E-state index is 0.468. The summed E-state index contributed by atoms with van der Waals surface area (Å²) in [5.74, 6) is 0. The largest absolute Gasteiger partial charge is 0.383 e. The van der Waals surface area contributed by atoms with E-state index in [1.165, 1.54) is 32.5 Å². The Morgan fingerprint density at radius 2 is 2.11 bits per heavy atom. The van der Waals surface area contributed by atoms with Gasteiger partial charge < -0.3 is 15.0 Å². The molecule has 0 saturated carbocycles. The molecule has 4 heteroatoms. The van der Waals surface area contributed by atoms with E-state index in [2.05, 4.69) is 36.0 Å². The number of hydrogen-bond donors (Lipinski definition) is 1. The van der Waals surface area contributed by atoms with E-state index in [1.54, 1.807) is 7.11 Å². The summed E-state index contributed by atoms with van der Waals surface area (Å²) in [5, 5.41) is 3.58. The molecular weight excluding hydrogens is 226 g/mol. The summed E-state index contributed by atoms with van der Waals surface area (Å²) in [7, 11) is 4.03. The molecule has 1 fully saturated rings. The fraction of sp³-hybridized carbons (Fsp3) is 1.00. The highest BCUT2D eigenvalue weighted by atomic mass is 16.5. The molecule has 1 saturated heterocycles. The first kappa shape index (κ1) is 15.9. The Hall–Kier alpha value is -0.160. The van der Waals surface area contributed by atoms with Gasteiger partial charge in [0.05, 0.1) is 6.61 Å². The SMILES string of the molecule is CCCNC(COC)CN1CCN(C)C(CC)C1. The average Bonchev–Trinajstić information content (AvgIpc) is 2.38. The maximum Gasteiger partial charge on any atom is 0.0628 e. The second-order valence-corrected chi connectivity index (χ2v) is 5.41. The van der Waals surface area contributed by atoms with Crippen molar-refractivity contribution in [1.82, 2.24) is 15.1 Å². The van der Waals surface area contributed by atoms with E-state index in [9.17, 15) is 0 Å². The molecule has 108 valence electrons. The van der Waals surface area contributed by atoms with Crippen molar-refractivity contribution in [2.45, 2.75) is 38.8 Å². The first-order valence-electron chi connectivity index (χ1n) is 7.36. The van der Waals surface area contributed by atoms with Crippen LogP contribution in [-0.4, -0.2) is 75.4 Å². The van der Waals surface area contributed by atoms with Crippen LogP contribution in [-0.2, 0) is 4.74 Å². The molecule has 1 aliphatic heterocycles. The number of methoxy groups -OCH3 is 1. The minimum Gasteiger partial charge on any atom is -0.383 e. The number of ether oxygens (including phenoxy) is 1. The molecule has 1 rings (SSSR count). The lowest BCUT2D eigenvalue weighted by Crippen LogP contribution is -2.54. The lowest BCUT2D eigenvalue weighted by molar-refractivity contribution is 0.0717. The van der Waals surface area contributed by atoms with Crippen LogP contribution in [0.15, 0.2) is 0 Å². The van der Waals surface area contributed by atoms with Gasteiger partial charge in [0.15, 0.2) is 0 Å². The molecule has 0 spiro atoms. The highest BCUT2D eigenvalue weighted by molar-refractivity contribution is 4.82. The van der Waals surface area contributed by atoms with E-state index >= 15 is 0 Å². The van der Waals surface area contributed by atoms with E-state index in [0.29, 0.717) is 12.1 Å². The van der Waals surface area contributed by atoms with Crippen LogP contribution < -0.4 is 5.32 Å². The minimum atomic E-state index is 0.468. The smallest absolute Gasteiger partial charge is 0.0628 e. The van der Waals surface area contributed by atoms with Gasteiger partial charge in [-0.2, -0.15) is 0 Å². The Morgan fingerprint density at radius 1 is 1.33 bits per heavy atom. The number of likely N-dealkylation sites (N-methyl/N-ethyl adjacent to an activating group) is 1. The van der Waals surface area contributed by atoms with Gasteiger partial charge in [0.2, 0.25) is 0 Å². The lowest BCUT2D eigenvalue weighted by Gasteiger charge is -2.40. The molecule has 1 aliphatic rings. The van der Waals surface area contributed by atoms with Gasteiger partial charge in [-0.25, -0.2) is 0 Å². The third-order valence-electron chi connectivity index (χ3n) is 3.86. The van der Waals surface area contributed by atoms with Crippen molar-refractivity contribution in [1.29, 1.82) is 0 Å². The number of piperazine rings is 1. The van der Waals surface area contributed by atoms with Crippen LogP contribution in [0.1, 0.15) is 26.7 Å². The van der Waals surface area contributed by atoms with Crippen molar-refractivity contribution in [3.63, 3.8) is 0 Å². The first-order chi connectivity index (χ1) is 8.71. The van der Waals surface area contributed by atoms with Gasteiger partial charge in [-0.15, -0.1) is 0 Å². The molecule has 0 aromatic rings. The second-order valence-electron chi connectivity index (χ2n) is 5.41. The van der Waals surface area contributed by atoms with Crippen LogP contribution in [0, 0.1) is 0 Å².